The summed E-state index contributed by atoms with van der Waals surface area (Å²) >= 11 is 6.65. The van der Waals surface area contributed by atoms with Crippen molar-refractivity contribution in [1.29, 1.82) is 0 Å². The Labute approximate surface area is 184 Å². The molecule has 3 rings (SSSR count). The van der Waals surface area contributed by atoms with Gasteiger partial charge in [0.2, 0.25) is 0 Å². The van der Waals surface area contributed by atoms with Crippen LogP contribution in [0.3, 0.4) is 0 Å². The first-order chi connectivity index (χ1) is 14.2. The summed E-state index contributed by atoms with van der Waals surface area (Å²) in [6, 6.07) is 5.97. The van der Waals surface area contributed by atoms with Crippen molar-refractivity contribution in [3.8, 4) is 0 Å². The van der Waals surface area contributed by atoms with Crippen molar-refractivity contribution >= 4 is 23.6 Å². The summed E-state index contributed by atoms with van der Waals surface area (Å²) in [5.41, 5.74) is 2.57. The fraction of sp³-hybridized carbons (Fsp3) is 0.583. The first-order valence-electron chi connectivity index (χ1n) is 11.0. The summed E-state index contributed by atoms with van der Waals surface area (Å²) in [4.78, 5) is 25.2. The first-order valence-corrected chi connectivity index (χ1v) is 11.4. The molecule has 0 saturated heterocycles. The minimum absolute atomic E-state index is 0.0455. The number of nitrogens with zero attached hydrogens (tertiary/aromatic N) is 1. The van der Waals surface area contributed by atoms with Crippen molar-refractivity contribution < 1.29 is 14.7 Å². The molecule has 1 saturated carbocycles. The van der Waals surface area contributed by atoms with Crippen LogP contribution in [0.5, 0.6) is 0 Å². The highest BCUT2D eigenvalue weighted by atomic mass is 35.5. The largest absolute Gasteiger partial charge is 0.481 e. The van der Waals surface area contributed by atoms with Crippen LogP contribution in [-0.2, 0) is 16.8 Å². The second kappa shape index (κ2) is 9.42. The first kappa shape index (κ1) is 22.7. The van der Waals surface area contributed by atoms with Gasteiger partial charge in [-0.15, -0.1) is 0 Å². The maximum absolute atomic E-state index is 12.8. The summed E-state index contributed by atoms with van der Waals surface area (Å²) in [6.07, 6.45) is 8.58. The highest BCUT2D eigenvalue weighted by Crippen LogP contribution is 2.39. The van der Waals surface area contributed by atoms with Gasteiger partial charge in [-0.3, -0.25) is 4.79 Å². The van der Waals surface area contributed by atoms with Crippen molar-refractivity contribution in [3.63, 3.8) is 0 Å². The summed E-state index contributed by atoms with van der Waals surface area (Å²) in [6.45, 7) is 6.60. The van der Waals surface area contributed by atoms with Gasteiger partial charge in [-0.25, -0.2) is 4.79 Å². The molecule has 1 aromatic carbocycles. The summed E-state index contributed by atoms with van der Waals surface area (Å²) in [7, 11) is 0. The van der Waals surface area contributed by atoms with Crippen LogP contribution in [0.2, 0.25) is 5.02 Å². The quantitative estimate of drug-likeness (QED) is 0.524. The normalized spacial score (nSPS) is 22.0. The Hall–Kier alpha value is -2.01. The van der Waals surface area contributed by atoms with E-state index in [4.69, 9.17) is 16.7 Å². The lowest BCUT2D eigenvalue weighted by atomic mass is 9.77. The van der Waals surface area contributed by atoms with Crippen LogP contribution in [-0.4, -0.2) is 28.6 Å². The van der Waals surface area contributed by atoms with Gasteiger partial charge in [-0.1, -0.05) is 56.8 Å². The minimum Gasteiger partial charge on any atom is -0.481 e. The lowest BCUT2D eigenvalue weighted by Gasteiger charge is -2.42. The molecule has 0 aromatic heterocycles. The molecule has 2 aliphatic rings. The molecule has 0 bridgehead atoms. The van der Waals surface area contributed by atoms with E-state index < -0.39 is 11.5 Å². The van der Waals surface area contributed by atoms with Crippen molar-refractivity contribution in [2.45, 2.75) is 71.3 Å². The van der Waals surface area contributed by atoms with Gasteiger partial charge in [0.1, 0.15) is 0 Å². The zero-order chi connectivity index (χ0) is 21.9. The third kappa shape index (κ3) is 5.00. The Kier molecular flexibility index (Phi) is 7.12. The van der Waals surface area contributed by atoms with Crippen molar-refractivity contribution in [1.82, 2.24) is 10.2 Å². The number of urea groups is 1. The number of rotatable bonds is 9. The standard InChI is InChI=1S/C24H33ClN2O3/c1-16(2)20-15-27(13-5-8-22(28)29)23(30)26-24(20,3)19-12-11-18(21(25)14-19)10-9-17-6-4-7-17/h11-12,14-17H,4-10,13H2,1-3H3,(H,26,30)(H,28,29)/t24-/m0/s1. The number of hydrogen-bond acceptors (Lipinski definition) is 2. The van der Waals surface area contributed by atoms with Gasteiger partial charge in [0.05, 0.1) is 5.54 Å². The van der Waals surface area contributed by atoms with Crippen molar-refractivity contribution in [2.24, 2.45) is 11.8 Å². The number of halogens is 1. The Balaban J connectivity index is 1.81. The highest BCUT2D eigenvalue weighted by molar-refractivity contribution is 6.31. The molecular weight excluding hydrogens is 400 g/mol. The molecule has 30 heavy (non-hydrogen) atoms. The number of aryl methyl sites for hydroxylation is 1. The van der Waals surface area contributed by atoms with Gasteiger partial charge in [0, 0.05) is 24.2 Å². The molecule has 2 amide bonds. The van der Waals surface area contributed by atoms with E-state index in [1.54, 1.807) is 4.90 Å². The molecule has 1 aliphatic heterocycles. The van der Waals surface area contributed by atoms with Crippen LogP contribution in [0, 0.1) is 11.8 Å². The molecule has 5 nitrogen and oxygen atoms in total. The van der Waals surface area contributed by atoms with Crippen molar-refractivity contribution in [3.05, 3.63) is 46.1 Å². The maximum atomic E-state index is 12.8. The number of carboxylic acids is 1. The maximum Gasteiger partial charge on any atom is 0.322 e. The van der Waals surface area contributed by atoms with Crippen LogP contribution >= 0.6 is 11.6 Å². The molecule has 164 valence electrons. The Morgan fingerprint density at radius 3 is 2.67 bits per heavy atom. The topological polar surface area (TPSA) is 69.6 Å². The van der Waals surface area contributed by atoms with E-state index in [0.29, 0.717) is 13.0 Å². The predicted molar refractivity (Wildman–Crippen MR) is 119 cm³/mol. The summed E-state index contributed by atoms with van der Waals surface area (Å²) in [5, 5.41) is 12.8. The Morgan fingerprint density at radius 1 is 1.37 bits per heavy atom. The Morgan fingerprint density at radius 2 is 2.10 bits per heavy atom. The average Bonchev–Trinajstić information content (AvgIpc) is 2.62. The molecule has 1 atom stereocenters. The van der Waals surface area contributed by atoms with E-state index in [1.165, 1.54) is 31.2 Å². The number of aliphatic carboxylic acids is 1. The van der Waals surface area contributed by atoms with Gasteiger partial charge in [-0.05, 0) is 60.8 Å². The fourth-order valence-electron chi connectivity index (χ4n) is 4.45. The van der Waals surface area contributed by atoms with Crippen LogP contribution in [0.15, 0.2) is 30.0 Å². The number of nitrogens with one attached hydrogen (secondary N) is 1. The van der Waals surface area contributed by atoms with Crippen LogP contribution in [0.4, 0.5) is 4.79 Å². The zero-order valence-electron chi connectivity index (χ0n) is 18.2. The second-order valence-electron chi connectivity index (χ2n) is 9.13. The smallest absolute Gasteiger partial charge is 0.322 e. The Bertz CT molecular complexity index is 832. The fourth-order valence-corrected chi connectivity index (χ4v) is 4.72. The van der Waals surface area contributed by atoms with Gasteiger partial charge in [0.15, 0.2) is 0 Å². The third-order valence-electron chi connectivity index (χ3n) is 6.58. The number of carbonyl (C=O) groups excluding carboxylic acids is 1. The van der Waals surface area contributed by atoms with Crippen LogP contribution in [0.1, 0.15) is 70.4 Å². The molecule has 1 aromatic rings. The van der Waals surface area contributed by atoms with Gasteiger partial charge >= 0.3 is 12.0 Å². The van der Waals surface area contributed by atoms with Gasteiger partial charge in [-0.2, -0.15) is 0 Å². The molecule has 2 N–H and O–H groups in total. The van der Waals surface area contributed by atoms with E-state index in [1.807, 2.05) is 19.2 Å². The molecule has 1 aliphatic carbocycles. The number of amides is 2. The predicted octanol–water partition coefficient (Wildman–Crippen LogP) is 5.72. The molecule has 0 spiro atoms. The third-order valence-corrected chi connectivity index (χ3v) is 6.93. The van der Waals surface area contributed by atoms with Crippen molar-refractivity contribution in [2.75, 3.05) is 6.54 Å². The van der Waals surface area contributed by atoms with E-state index in [0.717, 1.165) is 28.5 Å². The molecule has 6 heteroatoms. The van der Waals surface area contributed by atoms with Gasteiger partial charge < -0.3 is 15.3 Å². The van der Waals surface area contributed by atoms with E-state index >= 15 is 0 Å². The molecule has 1 heterocycles. The number of carboxylic acid groups (broad SMARTS) is 1. The van der Waals surface area contributed by atoms with E-state index in [9.17, 15) is 9.59 Å². The van der Waals surface area contributed by atoms with Gasteiger partial charge in [0.25, 0.3) is 0 Å². The highest BCUT2D eigenvalue weighted by Gasteiger charge is 2.39. The molecular formula is C24H33ClN2O3. The zero-order valence-corrected chi connectivity index (χ0v) is 19.0. The molecule has 1 fully saturated rings. The monoisotopic (exact) mass is 432 g/mol. The van der Waals surface area contributed by atoms with E-state index in [2.05, 4.69) is 31.3 Å². The number of benzene rings is 1. The molecule has 0 radical (unpaired) electrons. The average molecular weight is 433 g/mol. The summed E-state index contributed by atoms with van der Waals surface area (Å²) < 4.78 is 0. The minimum atomic E-state index is -0.850. The number of carbonyl (C=O) groups is 2. The SMILES string of the molecule is CC(C)C1=CN(CCCC(=O)O)C(=O)N[C@@]1(C)c1ccc(CCC2CCC2)c(Cl)c1. The molecule has 0 unspecified atom stereocenters. The lowest BCUT2D eigenvalue weighted by molar-refractivity contribution is -0.137. The number of hydrogen-bond donors (Lipinski definition) is 2. The van der Waals surface area contributed by atoms with Crippen LogP contribution in [0.25, 0.3) is 0 Å². The summed E-state index contributed by atoms with van der Waals surface area (Å²) in [5.74, 6) is 0.200. The van der Waals surface area contributed by atoms with E-state index in [-0.39, 0.29) is 18.4 Å². The lowest BCUT2D eigenvalue weighted by Crippen LogP contribution is -2.54. The second-order valence-corrected chi connectivity index (χ2v) is 9.53. The van der Waals surface area contributed by atoms with Crippen LogP contribution < -0.4 is 5.32 Å².